The van der Waals surface area contributed by atoms with Gasteiger partial charge in [0.1, 0.15) is 0 Å². The van der Waals surface area contributed by atoms with Crippen LogP contribution in [0.1, 0.15) is 0 Å². The Morgan fingerprint density at radius 2 is 2.00 bits per heavy atom. The van der Waals surface area contributed by atoms with E-state index >= 15 is 0 Å². The minimum atomic E-state index is -1.07. The van der Waals surface area contributed by atoms with Gasteiger partial charge >= 0.3 is 12.2 Å². The van der Waals surface area contributed by atoms with Crippen LogP contribution >= 0.6 is 0 Å². The lowest BCUT2D eigenvalue weighted by molar-refractivity contribution is -0.384. The first kappa shape index (κ1) is 11.2. The van der Waals surface area contributed by atoms with Crippen molar-refractivity contribution in [2.75, 3.05) is 14.1 Å². The third-order valence-corrected chi connectivity index (χ3v) is 2.25. The SMILES string of the molecule is CN(C)C(=O)C1Oc2ccc([N+](=O)[O-])cc2O1. The van der Waals surface area contributed by atoms with Gasteiger partial charge in [-0.3, -0.25) is 14.9 Å². The maximum Gasteiger partial charge on any atom is 0.321 e. The minimum absolute atomic E-state index is 0.106. The minimum Gasteiger partial charge on any atom is -0.442 e. The summed E-state index contributed by atoms with van der Waals surface area (Å²) in [7, 11) is 3.14. The predicted molar refractivity (Wildman–Crippen MR) is 56.8 cm³/mol. The number of carbonyl (C=O) groups is 1. The Morgan fingerprint density at radius 1 is 1.35 bits per heavy atom. The van der Waals surface area contributed by atoms with Crippen LogP contribution in [0, 0.1) is 10.1 Å². The molecular weight excluding hydrogens is 228 g/mol. The number of likely N-dealkylation sites (N-methyl/N-ethyl adjacent to an activating group) is 1. The summed E-state index contributed by atoms with van der Waals surface area (Å²) in [5, 5.41) is 10.6. The van der Waals surface area contributed by atoms with Gasteiger partial charge < -0.3 is 14.4 Å². The van der Waals surface area contributed by atoms with E-state index in [2.05, 4.69) is 0 Å². The Kier molecular flexibility index (Phi) is 2.58. The predicted octanol–water partition coefficient (Wildman–Crippen LogP) is 0.780. The molecule has 7 nitrogen and oxygen atoms in total. The van der Waals surface area contributed by atoms with Crippen molar-refractivity contribution in [3.8, 4) is 11.5 Å². The molecule has 0 N–H and O–H groups in total. The molecule has 1 atom stereocenters. The van der Waals surface area contributed by atoms with E-state index in [4.69, 9.17) is 9.47 Å². The number of rotatable bonds is 2. The van der Waals surface area contributed by atoms with Gasteiger partial charge in [-0.05, 0) is 6.07 Å². The first-order valence-corrected chi connectivity index (χ1v) is 4.82. The second-order valence-electron chi connectivity index (χ2n) is 3.69. The van der Waals surface area contributed by atoms with E-state index in [9.17, 15) is 14.9 Å². The van der Waals surface area contributed by atoms with E-state index in [0.717, 1.165) is 0 Å². The Hall–Kier alpha value is -2.31. The largest absolute Gasteiger partial charge is 0.442 e. The number of carbonyl (C=O) groups excluding carboxylic acids is 1. The molecule has 7 heteroatoms. The molecule has 0 radical (unpaired) electrons. The molecule has 0 saturated heterocycles. The van der Waals surface area contributed by atoms with Gasteiger partial charge in [0.2, 0.25) is 0 Å². The van der Waals surface area contributed by atoms with Crippen LogP contribution in [0.3, 0.4) is 0 Å². The number of fused-ring (bicyclic) bond motifs is 1. The van der Waals surface area contributed by atoms with Crippen molar-refractivity contribution in [2.24, 2.45) is 0 Å². The number of hydrogen-bond donors (Lipinski definition) is 0. The molecule has 1 aliphatic rings. The third kappa shape index (κ3) is 1.99. The van der Waals surface area contributed by atoms with Crippen LogP contribution in [0.4, 0.5) is 5.69 Å². The topological polar surface area (TPSA) is 81.9 Å². The Morgan fingerprint density at radius 3 is 2.59 bits per heavy atom. The Balaban J connectivity index is 2.22. The average molecular weight is 238 g/mol. The lowest BCUT2D eigenvalue weighted by atomic mass is 10.3. The van der Waals surface area contributed by atoms with E-state index in [0.29, 0.717) is 5.75 Å². The van der Waals surface area contributed by atoms with Crippen molar-refractivity contribution < 1.29 is 19.2 Å². The summed E-state index contributed by atoms with van der Waals surface area (Å²) < 4.78 is 10.4. The molecular formula is C10H10N2O5. The maximum absolute atomic E-state index is 11.6. The zero-order chi connectivity index (χ0) is 12.6. The van der Waals surface area contributed by atoms with Gasteiger partial charge in [-0.15, -0.1) is 0 Å². The second-order valence-corrected chi connectivity index (χ2v) is 3.69. The number of nitro groups is 1. The summed E-state index contributed by atoms with van der Waals surface area (Å²) in [6, 6.07) is 3.94. The van der Waals surface area contributed by atoms with E-state index in [-0.39, 0.29) is 17.3 Å². The molecule has 0 bridgehead atoms. The summed E-state index contributed by atoms with van der Waals surface area (Å²) in [4.78, 5) is 22.9. The Bertz CT molecular complexity index is 486. The van der Waals surface area contributed by atoms with Gasteiger partial charge in [0.25, 0.3) is 5.69 Å². The molecule has 0 aliphatic carbocycles. The number of amides is 1. The molecule has 1 amide bonds. The van der Waals surface area contributed by atoms with Crippen molar-refractivity contribution in [2.45, 2.75) is 6.29 Å². The lowest BCUT2D eigenvalue weighted by Gasteiger charge is -2.14. The molecule has 1 heterocycles. The fourth-order valence-electron chi connectivity index (χ4n) is 1.37. The first-order chi connectivity index (χ1) is 7.99. The normalized spacial score (nSPS) is 16.7. The van der Waals surface area contributed by atoms with Gasteiger partial charge in [-0.1, -0.05) is 0 Å². The van der Waals surface area contributed by atoms with E-state index in [1.54, 1.807) is 14.1 Å². The first-order valence-electron chi connectivity index (χ1n) is 4.82. The van der Waals surface area contributed by atoms with Gasteiger partial charge in [-0.2, -0.15) is 0 Å². The van der Waals surface area contributed by atoms with E-state index in [1.165, 1.54) is 23.1 Å². The van der Waals surface area contributed by atoms with Crippen LogP contribution in [-0.2, 0) is 4.79 Å². The highest BCUT2D eigenvalue weighted by Crippen LogP contribution is 2.37. The number of nitrogens with zero attached hydrogens (tertiary/aromatic N) is 2. The molecule has 0 spiro atoms. The van der Waals surface area contributed by atoms with Crippen molar-refractivity contribution >= 4 is 11.6 Å². The molecule has 0 saturated carbocycles. The summed E-state index contributed by atoms with van der Waals surface area (Å²) in [5.74, 6) is 0.180. The highest BCUT2D eigenvalue weighted by molar-refractivity contribution is 5.80. The smallest absolute Gasteiger partial charge is 0.321 e. The molecule has 1 aliphatic heterocycles. The molecule has 0 fully saturated rings. The van der Waals surface area contributed by atoms with Gasteiger partial charge in [-0.25, -0.2) is 0 Å². The summed E-state index contributed by atoms with van der Waals surface area (Å²) in [6.07, 6.45) is -1.07. The molecule has 1 aromatic carbocycles. The summed E-state index contributed by atoms with van der Waals surface area (Å²) >= 11 is 0. The fourth-order valence-corrected chi connectivity index (χ4v) is 1.37. The van der Waals surface area contributed by atoms with Crippen molar-refractivity contribution in [1.29, 1.82) is 0 Å². The lowest BCUT2D eigenvalue weighted by Crippen LogP contribution is -2.38. The summed E-state index contributed by atoms with van der Waals surface area (Å²) in [6.45, 7) is 0. The molecule has 1 aromatic rings. The number of hydrogen-bond acceptors (Lipinski definition) is 5. The number of non-ortho nitro benzene ring substituents is 1. The van der Waals surface area contributed by atoms with Crippen LogP contribution in [0.2, 0.25) is 0 Å². The third-order valence-electron chi connectivity index (χ3n) is 2.25. The van der Waals surface area contributed by atoms with Crippen LogP contribution < -0.4 is 9.47 Å². The second kappa shape index (κ2) is 3.93. The standard InChI is InChI=1S/C10H10N2O5/c1-11(2)9(13)10-16-7-4-3-6(12(14)15)5-8(7)17-10/h3-5,10H,1-2H3. The number of ether oxygens (including phenoxy) is 2. The van der Waals surface area contributed by atoms with E-state index in [1.807, 2.05) is 0 Å². The zero-order valence-corrected chi connectivity index (χ0v) is 9.25. The number of nitro benzene ring substituents is 1. The number of benzene rings is 1. The van der Waals surface area contributed by atoms with Crippen molar-refractivity contribution in [3.63, 3.8) is 0 Å². The van der Waals surface area contributed by atoms with Crippen LogP contribution in [-0.4, -0.2) is 36.1 Å². The quantitative estimate of drug-likeness (QED) is 0.561. The van der Waals surface area contributed by atoms with Crippen LogP contribution in [0.25, 0.3) is 0 Å². The average Bonchev–Trinajstić information content (AvgIpc) is 2.69. The van der Waals surface area contributed by atoms with Crippen LogP contribution in [0.15, 0.2) is 18.2 Å². The monoisotopic (exact) mass is 238 g/mol. The zero-order valence-electron chi connectivity index (χ0n) is 9.25. The Labute approximate surface area is 96.7 Å². The van der Waals surface area contributed by atoms with E-state index < -0.39 is 11.2 Å². The van der Waals surface area contributed by atoms with Crippen LogP contribution in [0.5, 0.6) is 11.5 Å². The van der Waals surface area contributed by atoms with Gasteiger partial charge in [0, 0.05) is 20.2 Å². The molecule has 0 aromatic heterocycles. The maximum atomic E-state index is 11.6. The summed E-state index contributed by atoms with van der Waals surface area (Å²) in [5.41, 5.74) is -0.106. The fraction of sp³-hybridized carbons (Fsp3) is 0.300. The highest BCUT2D eigenvalue weighted by atomic mass is 16.7. The van der Waals surface area contributed by atoms with Crippen molar-refractivity contribution in [1.82, 2.24) is 4.90 Å². The highest BCUT2D eigenvalue weighted by Gasteiger charge is 2.33. The molecule has 1 unspecified atom stereocenters. The molecule has 2 rings (SSSR count). The van der Waals surface area contributed by atoms with Gasteiger partial charge in [0.05, 0.1) is 11.0 Å². The van der Waals surface area contributed by atoms with Gasteiger partial charge in [0.15, 0.2) is 11.5 Å². The van der Waals surface area contributed by atoms with Crippen molar-refractivity contribution in [3.05, 3.63) is 28.3 Å². The molecule has 90 valence electrons. The molecule has 17 heavy (non-hydrogen) atoms.